The van der Waals surface area contributed by atoms with Crippen molar-refractivity contribution in [2.24, 2.45) is 5.92 Å². The minimum absolute atomic E-state index is 0.759. The number of thiophene rings is 1. The molecule has 3 nitrogen and oxygen atoms in total. The zero-order valence-electron chi connectivity index (χ0n) is 14.1. The molecule has 2 saturated heterocycles. The second-order valence-electron chi connectivity index (χ2n) is 7.12. The zero-order chi connectivity index (χ0) is 15.4. The smallest absolute Gasteiger partial charge is 0.0480 e. The molecule has 0 aliphatic carbocycles. The second-order valence-corrected chi connectivity index (χ2v) is 8.37. The van der Waals surface area contributed by atoms with E-state index in [2.05, 4.69) is 35.8 Å². The minimum Gasteiger partial charge on any atom is -0.381 e. The summed E-state index contributed by atoms with van der Waals surface area (Å²) in [5.41, 5.74) is 0. The molecule has 0 radical (unpaired) electrons. The van der Waals surface area contributed by atoms with Gasteiger partial charge in [-0.2, -0.15) is 0 Å². The Morgan fingerprint density at radius 2 is 1.77 bits per heavy atom. The van der Waals surface area contributed by atoms with E-state index >= 15 is 0 Å². The first-order chi connectivity index (χ1) is 10.7. The summed E-state index contributed by atoms with van der Waals surface area (Å²) in [6, 6.07) is 5.45. The predicted octanol–water partition coefficient (Wildman–Crippen LogP) is 3.24. The van der Waals surface area contributed by atoms with Crippen LogP contribution in [0, 0.1) is 5.92 Å². The van der Waals surface area contributed by atoms with E-state index in [0.29, 0.717) is 0 Å². The summed E-state index contributed by atoms with van der Waals surface area (Å²) in [6.07, 6.45) is 3.68. The van der Waals surface area contributed by atoms with E-state index in [1.165, 1.54) is 50.3 Å². The van der Waals surface area contributed by atoms with Gasteiger partial charge in [0.1, 0.15) is 0 Å². The van der Waals surface area contributed by atoms with Gasteiger partial charge in [-0.15, -0.1) is 11.3 Å². The van der Waals surface area contributed by atoms with Crippen molar-refractivity contribution in [3.05, 3.63) is 21.9 Å². The lowest BCUT2D eigenvalue weighted by Crippen LogP contribution is -2.51. The maximum absolute atomic E-state index is 5.48. The molecule has 0 unspecified atom stereocenters. The van der Waals surface area contributed by atoms with Crippen LogP contribution in [0.3, 0.4) is 0 Å². The van der Waals surface area contributed by atoms with E-state index in [-0.39, 0.29) is 0 Å². The van der Waals surface area contributed by atoms with E-state index in [9.17, 15) is 0 Å². The lowest BCUT2D eigenvalue weighted by Gasteiger charge is -2.40. The maximum atomic E-state index is 5.48. The summed E-state index contributed by atoms with van der Waals surface area (Å²) < 4.78 is 5.48. The molecule has 3 heterocycles. The average Bonchev–Trinajstić information content (AvgIpc) is 2.95. The Morgan fingerprint density at radius 1 is 1.09 bits per heavy atom. The Hall–Kier alpha value is -0.420. The quantitative estimate of drug-likeness (QED) is 0.828. The molecule has 124 valence electrons. The molecular weight excluding hydrogens is 292 g/mol. The van der Waals surface area contributed by atoms with Gasteiger partial charge in [-0.25, -0.2) is 0 Å². The first-order valence-corrected chi connectivity index (χ1v) is 9.64. The second kappa shape index (κ2) is 7.91. The van der Waals surface area contributed by atoms with Crippen LogP contribution in [0.25, 0.3) is 0 Å². The molecule has 0 aromatic carbocycles. The topological polar surface area (TPSA) is 15.7 Å². The molecule has 2 fully saturated rings. The van der Waals surface area contributed by atoms with Crippen molar-refractivity contribution in [1.29, 1.82) is 0 Å². The lowest BCUT2D eigenvalue weighted by atomic mass is 10.1. The number of piperazine rings is 1. The number of rotatable bonds is 5. The van der Waals surface area contributed by atoms with Crippen molar-refractivity contribution in [2.75, 3.05) is 39.4 Å². The third-order valence-electron chi connectivity index (χ3n) is 4.82. The lowest BCUT2D eigenvalue weighted by molar-refractivity contribution is 0.0127. The Bertz CT molecular complexity index is 446. The first-order valence-electron chi connectivity index (χ1n) is 8.82. The molecule has 0 N–H and O–H groups in total. The highest BCUT2D eigenvalue weighted by atomic mass is 32.1. The SMILES string of the molecule is CC(C)Cc1ccc(CN2CCN(C3CCOCC3)CC2)s1. The third kappa shape index (κ3) is 4.54. The largest absolute Gasteiger partial charge is 0.381 e. The molecule has 2 aliphatic rings. The summed E-state index contributed by atoms with van der Waals surface area (Å²) in [4.78, 5) is 8.40. The van der Waals surface area contributed by atoms with Crippen LogP contribution in [0.5, 0.6) is 0 Å². The van der Waals surface area contributed by atoms with Gasteiger partial charge in [-0.05, 0) is 37.3 Å². The van der Waals surface area contributed by atoms with Crippen LogP contribution in [-0.4, -0.2) is 55.2 Å². The van der Waals surface area contributed by atoms with Gasteiger partial charge in [0.2, 0.25) is 0 Å². The Labute approximate surface area is 139 Å². The normalized spacial score (nSPS) is 22.5. The maximum Gasteiger partial charge on any atom is 0.0480 e. The van der Waals surface area contributed by atoms with Gasteiger partial charge in [0.25, 0.3) is 0 Å². The van der Waals surface area contributed by atoms with Crippen molar-refractivity contribution in [3.63, 3.8) is 0 Å². The van der Waals surface area contributed by atoms with Gasteiger partial charge in [-0.1, -0.05) is 13.8 Å². The van der Waals surface area contributed by atoms with Crippen molar-refractivity contribution in [3.8, 4) is 0 Å². The number of hydrogen-bond acceptors (Lipinski definition) is 4. The summed E-state index contributed by atoms with van der Waals surface area (Å²) in [6.45, 7) is 12.6. The number of nitrogens with zero attached hydrogens (tertiary/aromatic N) is 2. The van der Waals surface area contributed by atoms with E-state index in [4.69, 9.17) is 4.74 Å². The van der Waals surface area contributed by atoms with Crippen LogP contribution in [0.1, 0.15) is 36.4 Å². The molecule has 1 aromatic heterocycles. The molecular formula is C18H30N2OS. The van der Waals surface area contributed by atoms with Gasteiger partial charge in [0.05, 0.1) is 0 Å². The highest BCUT2D eigenvalue weighted by Crippen LogP contribution is 2.22. The number of hydrogen-bond donors (Lipinski definition) is 0. The Balaban J connectivity index is 1.44. The molecule has 0 spiro atoms. The standard InChI is InChI=1S/C18H30N2OS/c1-15(2)13-17-3-4-18(22-17)14-19-7-9-20(10-8-19)16-5-11-21-12-6-16/h3-4,15-16H,5-14H2,1-2H3. The first kappa shape index (κ1) is 16.4. The van der Waals surface area contributed by atoms with Crippen LogP contribution in [0.2, 0.25) is 0 Å². The summed E-state index contributed by atoms with van der Waals surface area (Å²) >= 11 is 2.01. The van der Waals surface area contributed by atoms with Gasteiger partial charge in [0.15, 0.2) is 0 Å². The Kier molecular flexibility index (Phi) is 5.91. The van der Waals surface area contributed by atoms with Crippen LogP contribution in [-0.2, 0) is 17.7 Å². The van der Waals surface area contributed by atoms with Crippen LogP contribution < -0.4 is 0 Å². The van der Waals surface area contributed by atoms with Gasteiger partial charge < -0.3 is 4.74 Å². The predicted molar refractivity (Wildman–Crippen MR) is 93.6 cm³/mol. The monoisotopic (exact) mass is 322 g/mol. The van der Waals surface area contributed by atoms with Gasteiger partial charge in [-0.3, -0.25) is 9.80 Å². The van der Waals surface area contributed by atoms with Crippen LogP contribution >= 0.6 is 11.3 Å². The highest BCUT2D eigenvalue weighted by Gasteiger charge is 2.25. The molecule has 1 aromatic rings. The molecule has 0 bridgehead atoms. The summed E-state index contributed by atoms with van der Waals surface area (Å²) in [7, 11) is 0. The fourth-order valence-electron chi connectivity index (χ4n) is 3.58. The molecule has 0 saturated carbocycles. The molecule has 3 rings (SSSR count). The molecule has 4 heteroatoms. The van der Waals surface area contributed by atoms with Crippen LogP contribution in [0.15, 0.2) is 12.1 Å². The van der Waals surface area contributed by atoms with E-state index in [0.717, 1.165) is 31.7 Å². The fourth-order valence-corrected chi connectivity index (χ4v) is 4.85. The van der Waals surface area contributed by atoms with Crippen molar-refractivity contribution >= 4 is 11.3 Å². The molecule has 22 heavy (non-hydrogen) atoms. The fraction of sp³-hybridized carbons (Fsp3) is 0.778. The van der Waals surface area contributed by atoms with E-state index in [1.807, 2.05) is 11.3 Å². The molecule has 0 atom stereocenters. The van der Waals surface area contributed by atoms with Crippen molar-refractivity contribution < 1.29 is 4.74 Å². The van der Waals surface area contributed by atoms with Crippen molar-refractivity contribution in [2.45, 2.75) is 45.7 Å². The summed E-state index contributed by atoms with van der Waals surface area (Å²) in [5, 5.41) is 0. The molecule has 2 aliphatic heterocycles. The number of ether oxygens (including phenoxy) is 1. The van der Waals surface area contributed by atoms with Crippen LogP contribution in [0.4, 0.5) is 0 Å². The van der Waals surface area contributed by atoms with E-state index < -0.39 is 0 Å². The van der Waals surface area contributed by atoms with Gasteiger partial charge in [0, 0.05) is 61.7 Å². The average molecular weight is 323 g/mol. The van der Waals surface area contributed by atoms with Gasteiger partial charge >= 0.3 is 0 Å². The summed E-state index contributed by atoms with van der Waals surface area (Å²) in [5.74, 6) is 0.759. The molecule has 0 amide bonds. The zero-order valence-corrected chi connectivity index (χ0v) is 14.9. The van der Waals surface area contributed by atoms with Crippen molar-refractivity contribution in [1.82, 2.24) is 9.80 Å². The minimum atomic E-state index is 0.759. The highest BCUT2D eigenvalue weighted by molar-refractivity contribution is 7.11. The Morgan fingerprint density at radius 3 is 2.45 bits per heavy atom. The third-order valence-corrected chi connectivity index (χ3v) is 5.91. The van der Waals surface area contributed by atoms with E-state index in [1.54, 1.807) is 4.88 Å².